The lowest BCUT2D eigenvalue weighted by Crippen LogP contribution is -2.52. The zero-order valence-electron chi connectivity index (χ0n) is 12.1. The van der Waals surface area contributed by atoms with E-state index in [-0.39, 0.29) is 11.2 Å². The second-order valence-corrected chi connectivity index (χ2v) is 5.41. The summed E-state index contributed by atoms with van der Waals surface area (Å²) in [6, 6.07) is 0. The number of nitrogens with zero attached hydrogens (tertiary/aromatic N) is 2. The third-order valence-corrected chi connectivity index (χ3v) is 4.22. The number of nitrogens with two attached hydrogens (primary N) is 1. The van der Waals surface area contributed by atoms with Gasteiger partial charge in [-0.25, -0.2) is 9.78 Å². The van der Waals surface area contributed by atoms with Crippen molar-refractivity contribution in [3.63, 3.8) is 0 Å². The maximum absolute atomic E-state index is 11.5. The van der Waals surface area contributed by atoms with Crippen LogP contribution in [0.5, 0.6) is 0 Å². The lowest BCUT2D eigenvalue weighted by atomic mass is 9.73. The van der Waals surface area contributed by atoms with Crippen molar-refractivity contribution in [1.29, 1.82) is 0 Å². The molecule has 1 fully saturated rings. The number of esters is 1. The Labute approximate surface area is 119 Å². The van der Waals surface area contributed by atoms with E-state index < -0.39 is 5.97 Å². The molecule has 110 valence electrons. The molecule has 0 radical (unpaired) electrons. The minimum atomic E-state index is -0.486. The number of carbonyl (C=O) groups is 1. The van der Waals surface area contributed by atoms with Crippen molar-refractivity contribution >= 4 is 11.8 Å². The van der Waals surface area contributed by atoms with Crippen LogP contribution in [0.3, 0.4) is 0 Å². The third-order valence-electron chi connectivity index (χ3n) is 4.22. The quantitative estimate of drug-likeness (QED) is 0.813. The number of anilines is 1. The summed E-state index contributed by atoms with van der Waals surface area (Å²) < 4.78 is 4.66. The monoisotopic (exact) mass is 278 g/mol. The standard InChI is InChI=1S/C14H22N4O2/c1-10-5-3-4-6-14(10,9-15)18-12-8-16-7-11(17-12)13(19)20-2/h7-8,10H,3-6,9,15H2,1-2H3,(H,17,18). The molecule has 6 heteroatoms. The van der Waals surface area contributed by atoms with Crippen LogP contribution in [0, 0.1) is 5.92 Å². The fraction of sp³-hybridized carbons (Fsp3) is 0.643. The molecule has 1 heterocycles. The van der Waals surface area contributed by atoms with Gasteiger partial charge < -0.3 is 15.8 Å². The van der Waals surface area contributed by atoms with E-state index in [1.165, 1.54) is 19.7 Å². The van der Waals surface area contributed by atoms with E-state index >= 15 is 0 Å². The average Bonchev–Trinajstić information content (AvgIpc) is 2.49. The van der Waals surface area contributed by atoms with Crippen LogP contribution in [0.4, 0.5) is 5.82 Å². The largest absolute Gasteiger partial charge is 0.464 e. The van der Waals surface area contributed by atoms with Crippen LogP contribution >= 0.6 is 0 Å². The number of hydrogen-bond acceptors (Lipinski definition) is 6. The maximum Gasteiger partial charge on any atom is 0.358 e. The van der Waals surface area contributed by atoms with Crippen molar-refractivity contribution in [1.82, 2.24) is 9.97 Å². The molecule has 0 saturated heterocycles. The summed E-state index contributed by atoms with van der Waals surface area (Å²) in [5.74, 6) is 0.552. The SMILES string of the molecule is COC(=O)c1cncc(NC2(CN)CCCCC2C)n1. The highest BCUT2D eigenvalue weighted by atomic mass is 16.5. The molecular formula is C14H22N4O2. The molecule has 2 rings (SSSR count). The molecule has 3 N–H and O–H groups in total. The van der Waals surface area contributed by atoms with Crippen molar-refractivity contribution in [3.05, 3.63) is 18.1 Å². The Kier molecular flexibility index (Phi) is 4.54. The molecule has 1 aliphatic rings. The maximum atomic E-state index is 11.5. The summed E-state index contributed by atoms with van der Waals surface area (Å²) in [5, 5.41) is 3.41. The first-order chi connectivity index (χ1) is 9.61. The van der Waals surface area contributed by atoms with Crippen LogP contribution in [0.2, 0.25) is 0 Å². The van der Waals surface area contributed by atoms with Crippen LogP contribution in [0.1, 0.15) is 43.1 Å². The Bertz CT molecular complexity index is 480. The number of rotatable bonds is 4. The minimum absolute atomic E-state index is 0.165. The zero-order chi connectivity index (χ0) is 14.6. The summed E-state index contributed by atoms with van der Waals surface area (Å²) in [6.45, 7) is 2.74. The summed E-state index contributed by atoms with van der Waals surface area (Å²) in [6.07, 6.45) is 7.56. The van der Waals surface area contributed by atoms with E-state index in [0.717, 1.165) is 19.3 Å². The minimum Gasteiger partial charge on any atom is -0.464 e. The van der Waals surface area contributed by atoms with E-state index in [1.54, 1.807) is 6.20 Å². The van der Waals surface area contributed by atoms with Crippen molar-refractivity contribution < 1.29 is 9.53 Å². The van der Waals surface area contributed by atoms with E-state index in [9.17, 15) is 4.79 Å². The van der Waals surface area contributed by atoms with Gasteiger partial charge in [0.25, 0.3) is 0 Å². The summed E-state index contributed by atoms with van der Waals surface area (Å²) in [4.78, 5) is 19.8. The molecule has 6 nitrogen and oxygen atoms in total. The van der Waals surface area contributed by atoms with Gasteiger partial charge in [-0.15, -0.1) is 0 Å². The van der Waals surface area contributed by atoms with Crippen LogP contribution in [-0.4, -0.2) is 35.1 Å². The number of nitrogens with one attached hydrogen (secondary N) is 1. The summed E-state index contributed by atoms with van der Waals surface area (Å²) >= 11 is 0. The van der Waals surface area contributed by atoms with Gasteiger partial charge in [-0.1, -0.05) is 19.8 Å². The predicted molar refractivity (Wildman–Crippen MR) is 76.4 cm³/mol. The van der Waals surface area contributed by atoms with Gasteiger partial charge in [0.2, 0.25) is 0 Å². The molecule has 2 unspecified atom stereocenters. The average molecular weight is 278 g/mol. The Hall–Kier alpha value is -1.69. The Balaban J connectivity index is 2.21. The van der Waals surface area contributed by atoms with E-state index in [4.69, 9.17) is 5.73 Å². The van der Waals surface area contributed by atoms with Gasteiger partial charge >= 0.3 is 5.97 Å². The van der Waals surface area contributed by atoms with E-state index in [0.29, 0.717) is 18.3 Å². The first kappa shape index (κ1) is 14.7. The van der Waals surface area contributed by atoms with Gasteiger partial charge in [-0.3, -0.25) is 4.98 Å². The van der Waals surface area contributed by atoms with Crippen molar-refractivity contribution in [3.8, 4) is 0 Å². The molecule has 2 atom stereocenters. The molecule has 0 spiro atoms. The molecule has 1 saturated carbocycles. The number of ether oxygens (including phenoxy) is 1. The van der Waals surface area contributed by atoms with Gasteiger partial charge in [0.05, 0.1) is 25.0 Å². The highest BCUT2D eigenvalue weighted by Crippen LogP contribution is 2.35. The van der Waals surface area contributed by atoms with Gasteiger partial charge in [-0.2, -0.15) is 0 Å². The van der Waals surface area contributed by atoms with Gasteiger partial charge in [0.1, 0.15) is 5.82 Å². The summed E-state index contributed by atoms with van der Waals surface area (Å²) in [5.41, 5.74) is 6.04. The number of aromatic nitrogens is 2. The first-order valence-corrected chi connectivity index (χ1v) is 7.00. The lowest BCUT2D eigenvalue weighted by Gasteiger charge is -2.43. The van der Waals surface area contributed by atoms with Crippen LogP contribution in [0.15, 0.2) is 12.4 Å². The zero-order valence-corrected chi connectivity index (χ0v) is 12.1. The van der Waals surface area contributed by atoms with Gasteiger partial charge in [-0.05, 0) is 18.8 Å². The lowest BCUT2D eigenvalue weighted by molar-refractivity contribution is 0.0593. The van der Waals surface area contributed by atoms with Gasteiger partial charge in [0.15, 0.2) is 5.69 Å². The Morgan fingerprint density at radius 3 is 3.00 bits per heavy atom. The molecule has 1 aliphatic carbocycles. The number of hydrogen-bond donors (Lipinski definition) is 2. The van der Waals surface area contributed by atoms with Crippen LogP contribution in [-0.2, 0) is 4.74 Å². The van der Waals surface area contributed by atoms with Gasteiger partial charge in [0, 0.05) is 6.54 Å². The smallest absolute Gasteiger partial charge is 0.358 e. The highest BCUT2D eigenvalue weighted by molar-refractivity contribution is 5.87. The second kappa shape index (κ2) is 6.17. The molecule has 1 aromatic heterocycles. The molecule has 0 bridgehead atoms. The fourth-order valence-corrected chi connectivity index (χ4v) is 2.84. The normalized spacial score (nSPS) is 26.1. The molecule has 0 aromatic carbocycles. The summed E-state index contributed by atoms with van der Waals surface area (Å²) in [7, 11) is 1.33. The van der Waals surface area contributed by atoms with Crippen molar-refractivity contribution in [2.24, 2.45) is 11.7 Å². The number of methoxy groups -OCH3 is 1. The fourth-order valence-electron chi connectivity index (χ4n) is 2.84. The Morgan fingerprint density at radius 1 is 1.55 bits per heavy atom. The molecule has 1 aromatic rings. The van der Waals surface area contributed by atoms with Crippen LogP contribution < -0.4 is 11.1 Å². The first-order valence-electron chi connectivity index (χ1n) is 7.00. The van der Waals surface area contributed by atoms with E-state index in [2.05, 4.69) is 26.9 Å². The third kappa shape index (κ3) is 2.90. The number of carbonyl (C=O) groups excluding carboxylic acids is 1. The molecule has 20 heavy (non-hydrogen) atoms. The second-order valence-electron chi connectivity index (χ2n) is 5.41. The molecule has 0 amide bonds. The molecule has 0 aliphatic heterocycles. The van der Waals surface area contributed by atoms with Crippen molar-refractivity contribution in [2.45, 2.75) is 38.1 Å². The molecular weight excluding hydrogens is 256 g/mol. The highest BCUT2D eigenvalue weighted by Gasteiger charge is 2.37. The van der Waals surface area contributed by atoms with E-state index in [1.807, 2.05) is 0 Å². The topological polar surface area (TPSA) is 90.1 Å². The predicted octanol–water partition coefficient (Wildman–Crippen LogP) is 1.58. The van der Waals surface area contributed by atoms with Crippen LogP contribution in [0.25, 0.3) is 0 Å². The van der Waals surface area contributed by atoms with Crippen molar-refractivity contribution in [2.75, 3.05) is 19.0 Å². The Morgan fingerprint density at radius 2 is 2.35 bits per heavy atom.